The van der Waals surface area contributed by atoms with Gasteiger partial charge in [-0.1, -0.05) is 29.3 Å². The number of ether oxygens (including phenoxy) is 2. The van der Waals surface area contributed by atoms with E-state index >= 15 is 0 Å². The van der Waals surface area contributed by atoms with Crippen LogP contribution >= 0.6 is 23.2 Å². The van der Waals surface area contributed by atoms with Crippen LogP contribution < -0.4 is 20.1 Å². The summed E-state index contributed by atoms with van der Waals surface area (Å²) >= 11 is 12.1. The van der Waals surface area contributed by atoms with Crippen LogP contribution in [0.4, 0.5) is 0 Å². The monoisotopic (exact) mass is 411 g/mol. The van der Waals surface area contributed by atoms with Crippen molar-refractivity contribution in [3.8, 4) is 11.5 Å². The van der Waals surface area contributed by atoms with Crippen molar-refractivity contribution in [2.45, 2.75) is 25.9 Å². The molecule has 0 unspecified atom stereocenters. The van der Waals surface area contributed by atoms with Crippen LogP contribution in [-0.4, -0.2) is 26.7 Å². The van der Waals surface area contributed by atoms with E-state index in [0.29, 0.717) is 10.0 Å². The lowest BCUT2D eigenvalue weighted by Crippen LogP contribution is -2.87. The summed E-state index contributed by atoms with van der Waals surface area (Å²) in [5, 5.41) is 6.01. The number of amides is 1. The number of hydrogen-bond donors (Lipinski definition) is 2. The van der Waals surface area contributed by atoms with Gasteiger partial charge in [0, 0.05) is 10.0 Å². The Morgan fingerprint density at radius 3 is 2.44 bits per heavy atom. The second kappa shape index (κ2) is 9.83. The molecule has 0 saturated carbocycles. The summed E-state index contributed by atoms with van der Waals surface area (Å²) in [4.78, 5) is 12.4. The molecule has 5 nitrogen and oxygen atoms in total. The van der Waals surface area contributed by atoms with Gasteiger partial charge in [0.25, 0.3) is 5.91 Å². The maximum absolute atomic E-state index is 12.4. The smallest absolute Gasteiger partial charge is 0.275 e. The van der Waals surface area contributed by atoms with E-state index in [-0.39, 0.29) is 24.5 Å². The molecule has 1 amide bonds. The molecule has 0 aliphatic rings. The van der Waals surface area contributed by atoms with E-state index in [9.17, 15) is 4.79 Å². The Kier molecular flexibility index (Phi) is 7.78. The topological polar surface area (TPSA) is 64.2 Å². The van der Waals surface area contributed by atoms with Gasteiger partial charge in [-0.25, -0.2) is 0 Å². The molecule has 0 aromatic heterocycles. The third-order valence-corrected chi connectivity index (χ3v) is 4.95. The molecule has 146 valence electrons. The highest BCUT2D eigenvalue weighted by molar-refractivity contribution is 6.35. The first-order chi connectivity index (χ1) is 12.8. The number of nitrogens with one attached hydrogen (secondary N) is 1. The summed E-state index contributed by atoms with van der Waals surface area (Å²) in [5.41, 5.74) is 1.80. The van der Waals surface area contributed by atoms with E-state index in [2.05, 4.69) is 5.32 Å². The van der Waals surface area contributed by atoms with Crippen LogP contribution in [0.2, 0.25) is 10.0 Å². The molecule has 0 heterocycles. The minimum absolute atomic E-state index is 0.0234. The zero-order valence-electron chi connectivity index (χ0n) is 15.9. The standard InChI is InChI=1S/C20H24Cl2N2O3/c1-12(17-10-15(26-3)6-8-19(17)27-4)23-11-20(25)24-13(2)16-7-5-14(21)9-18(16)22/h5-10,12-13,23H,11H2,1-4H3,(H,24,25)/p+1/t12-,13-/m0/s1. The normalized spacial score (nSPS) is 13.0. The van der Waals surface area contributed by atoms with Crippen LogP contribution in [0.5, 0.6) is 11.5 Å². The molecule has 0 saturated heterocycles. The maximum Gasteiger partial charge on any atom is 0.275 e. The van der Waals surface area contributed by atoms with Crippen molar-refractivity contribution in [3.05, 3.63) is 57.6 Å². The molecule has 2 aromatic carbocycles. The van der Waals surface area contributed by atoms with E-state index in [1.165, 1.54) is 0 Å². The first-order valence-corrected chi connectivity index (χ1v) is 9.40. The average Bonchev–Trinajstić information content (AvgIpc) is 2.65. The van der Waals surface area contributed by atoms with Gasteiger partial charge >= 0.3 is 0 Å². The quantitative estimate of drug-likeness (QED) is 0.698. The molecule has 0 aliphatic carbocycles. The van der Waals surface area contributed by atoms with Crippen molar-refractivity contribution in [1.82, 2.24) is 5.32 Å². The van der Waals surface area contributed by atoms with E-state index < -0.39 is 0 Å². The molecule has 0 aliphatic heterocycles. The van der Waals surface area contributed by atoms with Crippen LogP contribution in [-0.2, 0) is 4.79 Å². The van der Waals surface area contributed by atoms with Gasteiger partial charge in [-0.15, -0.1) is 0 Å². The first kappa shape index (κ1) is 21.4. The number of carbonyl (C=O) groups is 1. The summed E-state index contributed by atoms with van der Waals surface area (Å²) in [5.74, 6) is 1.44. The van der Waals surface area contributed by atoms with Gasteiger partial charge in [0.05, 0.1) is 25.8 Å². The third kappa shape index (κ3) is 5.76. The van der Waals surface area contributed by atoms with E-state index in [1.807, 2.05) is 43.4 Å². The summed E-state index contributed by atoms with van der Waals surface area (Å²) in [6.45, 7) is 4.18. The number of methoxy groups -OCH3 is 2. The summed E-state index contributed by atoms with van der Waals surface area (Å²) in [6, 6.07) is 10.7. The van der Waals surface area contributed by atoms with Crippen molar-refractivity contribution >= 4 is 29.1 Å². The minimum atomic E-state index is -0.211. The number of carbonyl (C=O) groups excluding carboxylic acids is 1. The Balaban J connectivity index is 1.97. The molecule has 3 N–H and O–H groups in total. The fourth-order valence-corrected chi connectivity index (χ4v) is 3.41. The molecular formula is C20H25Cl2N2O3+. The lowest BCUT2D eigenvalue weighted by atomic mass is 10.1. The van der Waals surface area contributed by atoms with Crippen molar-refractivity contribution in [2.24, 2.45) is 0 Å². The maximum atomic E-state index is 12.4. The van der Waals surface area contributed by atoms with Gasteiger partial charge in [0.1, 0.15) is 17.5 Å². The predicted octanol–water partition coefficient (Wildman–Crippen LogP) is 3.51. The molecule has 2 atom stereocenters. The highest BCUT2D eigenvalue weighted by Gasteiger charge is 2.19. The van der Waals surface area contributed by atoms with Crippen LogP contribution in [0, 0.1) is 0 Å². The molecule has 27 heavy (non-hydrogen) atoms. The first-order valence-electron chi connectivity index (χ1n) is 8.65. The van der Waals surface area contributed by atoms with E-state index in [1.54, 1.807) is 26.4 Å². The zero-order valence-corrected chi connectivity index (χ0v) is 17.4. The Bertz CT molecular complexity index is 799. The van der Waals surface area contributed by atoms with Crippen molar-refractivity contribution < 1.29 is 19.6 Å². The van der Waals surface area contributed by atoms with Gasteiger partial charge in [-0.2, -0.15) is 0 Å². The Labute approximate surface area is 170 Å². The second-order valence-corrected chi connectivity index (χ2v) is 7.14. The Morgan fingerprint density at radius 2 is 1.81 bits per heavy atom. The molecule has 2 aromatic rings. The molecule has 0 fully saturated rings. The summed E-state index contributed by atoms with van der Waals surface area (Å²) < 4.78 is 10.7. The number of rotatable bonds is 8. The van der Waals surface area contributed by atoms with Crippen LogP contribution in [0.1, 0.15) is 37.1 Å². The molecule has 2 rings (SSSR count). The van der Waals surface area contributed by atoms with Crippen LogP contribution in [0.3, 0.4) is 0 Å². The predicted molar refractivity (Wildman–Crippen MR) is 108 cm³/mol. The van der Waals surface area contributed by atoms with Crippen LogP contribution in [0.15, 0.2) is 36.4 Å². The molecule has 0 bridgehead atoms. The lowest BCUT2D eigenvalue weighted by molar-refractivity contribution is -0.682. The highest BCUT2D eigenvalue weighted by atomic mass is 35.5. The SMILES string of the molecule is COc1ccc(OC)c([C@H](C)[NH2+]CC(=O)N[C@@H](C)c2ccc(Cl)cc2Cl)c1. The van der Waals surface area contributed by atoms with Gasteiger partial charge < -0.3 is 20.1 Å². The van der Waals surface area contributed by atoms with Gasteiger partial charge in [0.2, 0.25) is 0 Å². The third-order valence-electron chi connectivity index (χ3n) is 4.39. The van der Waals surface area contributed by atoms with Crippen molar-refractivity contribution in [1.29, 1.82) is 0 Å². The zero-order chi connectivity index (χ0) is 20.0. The number of hydrogen-bond acceptors (Lipinski definition) is 3. The van der Waals surface area contributed by atoms with Crippen molar-refractivity contribution in [2.75, 3.05) is 20.8 Å². The van der Waals surface area contributed by atoms with Gasteiger partial charge in [0.15, 0.2) is 6.54 Å². The lowest BCUT2D eigenvalue weighted by Gasteiger charge is -2.18. The minimum Gasteiger partial charge on any atom is -0.497 e. The van der Waals surface area contributed by atoms with Crippen molar-refractivity contribution in [3.63, 3.8) is 0 Å². The number of quaternary nitrogens is 1. The fraction of sp³-hybridized carbons (Fsp3) is 0.350. The molecule has 7 heteroatoms. The fourth-order valence-electron chi connectivity index (χ4n) is 2.84. The number of nitrogens with two attached hydrogens (primary N) is 1. The average molecular weight is 412 g/mol. The number of benzene rings is 2. The molecule has 0 spiro atoms. The summed E-state index contributed by atoms with van der Waals surface area (Å²) in [7, 11) is 3.25. The van der Waals surface area contributed by atoms with E-state index in [4.69, 9.17) is 32.7 Å². The highest BCUT2D eigenvalue weighted by Crippen LogP contribution is 2.28. The van der Waals surface area contributed by atoms with Crippen LogP contribution in [0.25, 0.3) is 0 Å². The number of halogens is 2. The summed E-state index contributed by atoms with van der Waals surface area (Å²) in [6.07, 6.45) is 0. The largest absolute Gasteiger partial charge is 0.497 e. The second-order valence-electron chi connectivity index (χ2n) is 6.29. The molecule has 0 radical (unpaired) electrons. The Morgan fingerprint density at radius 1 is 1.07 bits per heavy atom. The Hall–Kier alpha value is -1.95. The van der Waals surface area contributed by atoms with Gasteiger partial charge in [-0.05, 0) is 49.7 Å². The van der Waals surface area contributed by atoms with E-state index in [0.717, 1.165) is 22.6 Å². The van der Waals surface area contributed by atoms with Gasteiger partial charge in [-0.3, -0.25) is 4.79 Å². The molecular weight excluding hydrogens is 387 g/mol.